The molecule has 0 saturated carbocycles. The van der Waals surface area contributed by atoms with Crippen molar-refractivity contribution in [1.82, 2.24) is 24.6 Å². The Labute approximate surface area is 256 Å². The lowest BCUT2D eigenvalue weighted by Crippen LogP contribution is -2.37. The van der Waals surface area contributed by atoms with E-state index in [2.05, 4.69) is 38.7 Å². The molecule has 0 bridgehead atoms. The normalized spacial score (nSPS) is 12.7. The number of carbonyl (C=O) groups excluding carboxylic acids is 1. The molecule has 42 heavy (non-hydrogen) atoms. The number of hydrogen-bond acceptors (Lipinski definition) is 5. The van der Waals surface area contributed by atoms with Crippen molar-refractivity contribution in [1.29, 1.82) is 0 Å². The average Bonchev–Trinajstić information content (AvgIpc) is 3.43. The number of aryl methyl sites for hydroxylation is 1. The Balaban J connectivity index is 1.64. The number of rotatable bonds is 11. The lowest BCUT2D eigenvalue weighted by atomic mass is 10.0. The molecule has 12 heteroatoms. The highest BCUT2D eigenvalue weighted by Gasteiger charge is 2.26. The van der Waals surface area contributed by atoms with Crippen LogP contribution in [0.15, 0.2) is 47.3 Å². The lowest BCUT2D eigenvalue weighted by molar-refractivity contribution is 0.0500. The zero-order chi connectivity index (χ0) is 30.6. The second kappa shape index (κ2) is 13.6. The summed E-state index contributed by atoms with van der Waals surface area (Å²) in [6.07, 6.45) is 7.72. The van der Waals surface area contributed by atoms with Gasteiger partial charge in [0.05, 0.1) is 43.4 Å². The van der Waals surface area contributed by atoms with E-state index in [1.807, 2.05) is 25.3 Å². The van der Waals surface area contributed by atoms with Crippen molar-refractivity contribution >= 4 is 43.8 Å². The van der Waals surface area contributed by atoms with Crippen molar-refractivity contribution in [2.45, 2.75) is 59.0 Å². The molecule has 2 aromatic carbocycles. The van der Waals surface area contributed by atoms with Gasteiger partial charge < -0.3 is 19.4 Å². The first-order valence-corrected chi connectivity index (χ1v) is 16.5. The molecule has 0 saturated heterocycles. The lowest BCUT2D eigenvalue weighted by Gasteiger charge is -2.24. The smallest absolute Gasteiger partial charge is 0.408 e. The Morgan fingerprint density at radius 1 is 1.12 bits per heavy atom. The second-order valence-corrected chi connectivity index (χ2v) is 14.6. The molecular formula is C30H37BrF2N5O3S+. The number of nitrogens with one attached hydrogen (secondary N) is 1. The third-order valence-electron chi connectivity index (χ3n) is 6.31. The number of ether oxygens (including phenoxy) is 2. The molecule has 0 radical (unpaired) electrons. The SMILES string of the molecule is Cc1cc(CC(NC(=O)OC(C)(C)C)c2ncc(Br)n2Cc2cc(F)cc(F)c2)cc2cn(COCC[S+](C)C)nc12. The van der Waals surface area contributed by atoms with E-state index >= 15 is 0 Å². The maximum Gasteiger partial charge on any atom is 0.408 e. The van der Waals surface area contributed by atoms with Crippen LogP contribution in [-0.4, -0.2) is 55.9 Å². The predicted molar refractivity (Wildman–Crippen MR) is 166 cm³/mol. The van der Waals surface area contributed by atoms with Gasteiger partial charge in [-0.1, -0.05) is 6.07 Å². The Bertz CT molecular complexity index is 1530. The molecule has 4 aromatic rings. The number of imidazole rings is 1. The van der Waals surface area contributed by atoms with Gasteiger partial charge in [0, 0.05) is 24.1 Å². The highest BCUT2D eigenvalue weighted by molar-refractivity contribution is 9.10. The van der Waals surface area contributed by atoms with Crippen LogP contribution in [0.2, 0.25) is 0 Å². The molecule has 2 heterocycles. The van der Waals surface area contributed by atoms with Crippen molar-refractivity contribution in [2.24, 2.45) is 0 Å². The van der Waals surface area contributed by atoms with Gasteiger partial charge in [-0.05, 0) is 89.4 Å². The van der Waals surface area contributed by atoms with Crippen LogP contribution in [0, 0.1) is 18.6 Å². The first-order chi connectivity index (χ1) is 19.8. The summed E-state index contributed by atoms with van der Waals surface area (Å²) >= 11 is 3.51. The summed E-state index contributed by atoms with van der Waals surface area (Å²) < 4.78 is 43.4. The molecule has 0 fully saturated rings. The minimum absolute atomic E-state index is 0.138. The molecule has 0 spiro atoms. The third kappa shape index (κ3) is 8.78. The van der Waals surface area contributed by atoms with E-state index in [4.69, 9.17) is 14.6 Å². The van der Waals surface area contributed by atoms with Crippen LogP contribution in [-0.2, 0) is 40.1 Å². The molecule has 1 amide bonds. The standard InChI is InChI=1S/C30H36BrF2N5O3S/c1-19-9-20(10-22-17-37(36-27(19)22)18-40-7-8-42(5)6)13-25(35-29(39)41-30(2,3)4)28-34-15-26(31)38(28)16-21-11-23(32)14-24(33)12-21/h9-12,14-15,17,25H,7-8,13,16,18H2,1-6H3/p+1. The number of fused-ring (bicyclic) bond motifs is 1. The van der Waals surface area contributed by atoms with E-state index in [1.54, 1.807) is 36.2 Å². The number of halogens is 3. The summed E-state index contributed by atoms with van der Waals surface area (Å²) in [6.45, 7) is 8.56. The molecule has 0 aliphatic carbocycles. The van der Waals surface area contributed by atoms with E-state index in [0.29, 0.717) is 46.6 Å². The van der Waals surface area contributed by atoms with Crippen molar-refractivity contribution in [2.75, 3.05) is 24.9 Å². The zero-order valence-electron chi connectivity index (χ0n) is 24.7. The Morgan fingerprint density at radius 2 is 1.83 bits per heavy atom. The average molecular weight is 666 g/mol. The van der Waals surface area contributed by atoms with E-state index in [1.165, 1.54) is 12.1 Å². The van der Waals surface area contributed by atoms with Crippen LogP contribution in [0.5, 0.6) is 0 Å². The topological polar surface area (TPSA) is 83.2 Å². The Hall–Kier alpha value is -2.96. The van der Waals surface area contributed by atoms with Gasteiger partial charge >= 0.3 is 6.09 Å². The van der Waals surface area contributed by atoms with Gasteiger partial charge in [-0.15, -0.1) is 0 Å². The number of aromatic nitrogens is 4. The van der Waals surface area contributed by atoms with Gasteiger partial charge in [0.1, 0.15) is 40.1 Å². The van der Waals surface area contributed by atoms with Crippen LogP contribution in [0.25, 0.3) is 10.9 Å². The van der Waals surface area contributed by atoms with Crippen LogP contribution in [0.1, 0.15) is 49.3 Å². The molecule has 2 aromatic heterocycles. The second-order valence-electron chi connectivity index (χ2n) is 11.5. The van der Waals surface area contributed by atoms with Crippen molar-refractivity contribution < 1.29 is 23.0 Å². The summed E-state index contributed by atoms with van der Waals surface area (Å²) in [5.74, 6) is 0.184. The van der Waals surface area contributed by atoms with Gasteiger partial charge in [0.2, 0.25) is 0 Å². The zero-order valence-corrected chi connectivity index (χ0v) is 27.1. The number of amides is 1. The largest absolute Gasteiger partial charge is 0.444 e. The molecule has 1 unspecified atom stereocenters. The van der Waals surface area contributed by atoms with Gasteiger partial charge in [0.15, 0.2) is 0 Å². The number of hydrogen-bond donors (Lipinski definition) is 1. The molecule has 0 aliphatic rings. The van der Waals surface area contributed by atoms with Crippen molar-refractivity contribution in [3.05, 3.63) is 81.5 Å². The fourth-order valence-electron chi connectivity index (χ4n) is 4.58. The Kier molecular flexibility index (Phi) is 10.3. The summed E-state index contributed by atoms with van der Waals surface area (Å²) in [6, 6.07) is 6.84. The summed E-state index contributed by atoms with van der Waals surface area (Å²) in [4.78, 5) is 17.5. The Morgan fingerprint density at radius 3 is 2.50 bits per heavy atom. The highest BCUT2D eigenvalue weighted by Crippen LogP contribution is 2.27. The van der Waals surface area contributed by atoms with E-state index < -0.39 is 29.4 Å². The maximum absolute atomic E-state index is 14.0. The molecule has 1 N–H and O–H groups in total. The number of carbonyl (C=O) groups is 1. The number of alkyl carbamates (subject to hydrolysis) is 1. The van der Waals surface area contributed by atoms with E-state index in [0.717, 1.165) is 33.8 Å². The van der Waals surface area contributed by atoms with Crippen LogP contribution in [0.4, 0.5) is 13.6 Å². The summed E-state index contributed by atoms with van der Waals surface area (Å²) in [7, 11) is 0.322. The van der Waals surface area contributed by atoms with Gasteiger partial charge in [-0.2, -0.15) is 5.10 Å². The van der Waals surface area contributed by atoms with Crippen molar-refractivity contribution in [3.8, 4) is 0 Å². The molecule has 226 valence electrons. The monoisotopic (exact) mass is 664 g/mol. The van der Waals surface area contributed by atoms with Crippen LogP contribution >= 0.6 is 15.9 Å². The fraction of sp³-hybridized carbons (Fsp3) is 0.433. The minimum Gasteiger partial charge on any atom is -0.444 e. The van der Waals surface area contributed by atoms with Gasteiger partial charge in [0.25, 0.3) is 0 Å². The summed E-state index contributed by atoms with van der Waals surface area (Å²) in [5.41, 5.74) is 2.53. The molecule has 1 atom stereocenters. The van der Waals surface area contributed by atoms with Crippen LogP contribution in [0.3, 0.4) is 0 Å². The predicted octanol–water partition coefficient (Wildman–Crippen LogP) is 6.29. The number of nitrogens with zero attached hydrogens (tertiary/aromatic N) is 4. The number of benzene rings is 2. The quantitative estimate of drug-likeness (QED) is 0.151. The molecule has 8 nitrogen and oxygen atoms in total. The first-order valence-electron chi connectivity index (χ1n) is 13.5. The molecule has 0 aliphatic heterocycles. The maximum atomic E-state index is 14.0. The molecule has 4 rings (SSSR count). The summed E-state index contributed by atoms with van der Waals surface area (Å²) in [5, 5.41) is 8.61. The van der Waals surface area contributed by atoms with Gasteiger partial charge in [-0.25, -0.2) is 23.2 Å². The van der Waals surface area contributed by atoms with Gasteiger partial charge in [-0.3, -0.25) is 0 Å². The van der Waals surface area contributed by atoms with Crippen molar-refractivity contribution in [3.63, 3.8) is 0 Å². The van der Waals surface area contributed by atoms with E-state index in [9.17, 15) is 13.6 Å². The third-order valence-corrected chi connectivity index (χ3v) is 7.93. The highest BCUT2D eigenvalue weighted by atomic mass is 79.9. The first kappa shape index (κ1) is 32.0. The van der Waals surface area contributed by atoms with E-state index in [-0.39, 0.29) is 6.54 Å². The molecular weight excluding hydrogens is 628 g/mol. The fourth-order valence-corrected chi connectivity index (χ4v) is 5.45. The van der Waals surface area contributed by atoms with Crippen LogP contribution < -0.4 is 5.32 Å². The minimum atomic E-state index is -0.703.